The van der Waals surface area contributed by atoms with E-state index in [4.69, 9.17) is 0 Å². The molecule has 1 atom stereocenters. The zero-order valence-corrected chi connectivity index (χ0v) is 12.3. The van der Waals surface area contributed by atoms with Gasteiger partial charge in [0.25, 0.3) is 0 Å². The Bertz CT molecular complexity index is 596. The molecule has 0 bridgehead atoms. The molecule has 106 valence electrons. The van der Waals surface area contributed by atoms with E-state index in [1.165, 1.54) is 18.2 Å². The molecule has 0 radical (unpaired) electrons. The minimum atomic E-state index is -0.642. The van der Waals surface area contributed by atoms with Crippen molar-refractivity contribution in [3.63, 3.8) is 0 Å². The third-order valence-corrected chi connectivity index (χ3v) is 3.57. The van der Waals surface area contributed by atoms with E-state index in [-0.39, 0.29) is 11.9 Å². The lowest BCUT2D eigenvalue weighted by Crippen LogP contribution is -2.19. The van der Waals surface area contributed by atoms with Gasteiger partial charge in [-0.3, -0.25) is 0 Å². The molecule has 0 fully saturated rings. The molecule has 0 saturated carbocycles. The minimum Gasteiger partial charge on any atom is -0.313 e. The van der Waals surface area contributed by atoms with Crippen molar-refractivity contribution in [3.05, 3.63) is 69.4 Å². The number of rotatable bonds is 4. The molecule has 1 nitrogen and oxygen atoms in total. The number of benzene rings is 2. The van der Waals surface area contributed by atoms with Crippen molar-refractivity contribution in [2.45, 2.75) is 12.5 Å². The summed E-state index contributed by atoms with van der Waals surface area (Å²) >= 11 is 3.19. The molecule has 1 N–H and O–H groups in total. The molecule has 0 aromatic heterocycles. The van der Waals surface area contributed by atoms with Gasteiger partial charge in [0.1, 0.15) is 17.5 Å². The Balaban J connectivity index is 2.28. The van der Waals surface area contributed by atoms with Crippen LogP contribution < -0.4 is 5.32 Å². The van der Waals surface area contributed by atoms with Crippen LogP contribution in [0.5, 0.6) is 0 Å². The van der Waals surface area contributed by atoms with Gasteiger partial charge in [0.15, 0.2) is 0 Å². The highest BCUT2D eigenvalue weighted by Gasteiger charge is 2.15. The standard InChI is InChI=1S/C15H13BrF3N/c1-20-15(10-4-12(17)8-13(18)5-10)6-9-2-3-11(16)7-14(9)19/h2-5,7-8,15,20H,6H2,1H3. The normalized spacial score (nSPS) is 12.4. The number of likely N-dealkylation sites (N-methyl/N-ethyl adjacent to an activating group) is 1. The van der Waals surface area contributed by atoms with Crippen molar-refractivity contribution < 1.29 is 13.2 Å². The first-order chi connectivity index (χ1) is 9.49. The Morgan fingerprint density at radius 1 is 1.05 bits per heavy atom. The van der Waals surface area contributed by atoms with E-state index in [0.29, 0.717) is 22.0 Å². The van der Waals surface area contributed by atoms with Gasteiger partial charge >= 0.3 is 0 Å². The molecule has 2 aromatic carbocycles. The van der Waals surface area contributed by atoms with Gasteiger partial charge in [-0.15, -0.1) is 0 Å². The van der Waals surface area contributed by atoms with Gasteiger partial charge in [-0.05, 0) is 48.9 Å². The maximum Gasteiger partial charge on any atom is 0.127 e. The molecule has 2 rings (SSSR count). The summed E-state index contributed by atoms with van der Waals surface area (Å²) in [6.45, 7) is 0. The molecule has 0 aliphatic carbocycles. The molecule has 1 unspecified atom stereocenters. The SMILES string of the molecule is CNC(Cc1ccc(Br)cc1F)c1cc(F)cc(F)c1. The van der Waals surface area contributed by atoms with Crippen LogP contribution in [0.2, 0.25) is 0 Å². The second-order valence-corrected chi connectivity index (χ2v) is 5.40. The van der Waals surface area contributed by atoms with Gasteiger partial charge < -0.3 is 5.32 Å². The van der Waals surface area contributed by atoms with Crippen molar-refractivity contribution >= 4 is 15.9 Å². The summed E-state index contributed by atoms with van der Waals surface area (Å²) < 4.78 is 41.0. The van der Waals surface area contributed by atoms with Gasteiger partial charge in [-0.25, -0.2) is 13.2 Å². The number of hydrogen-bond acceptors (Lipinski definition) is 1. The highest BCUT2D eigenvalue weighted by Crippen LogP contribution is 2.23. The summed E-state index contributed by atoms with van der Waals surface area (Å²) in [5, 5.41) is 2.95. The third-order valence-electron chi connectivity index (χ3n) is 3.07. The van der Waals surface area contributed by atoms with Crippen LogP contribution in [0.3, 0.4) is 0 Å². The van der Waals surface area contributed by atoms with E-state index in [0.717, 1.165) is 6.07 Å². The van der Waals surface area contributed by atoms with E-state index in [1.54, 1.807) is 19.2 Å². The van der Waals surface area contributed by atoms with Gasteiger partial charge in [-0.1, -0.05) is 22.0 Å². The second-order valence-electron chi connectivity index (χ2n) is 4.48. The van der Waals surface area contributed by atoms with Crippen molar-refractivity contribution in [3.8, 4) is 0 Å². The Morgan fingerprint density at radius 3 is 2.25 bits per heavy atom. The molecule has 0 heterocycles. The summed E-state index contributed by atoms with van der Waals surface area (Å²) in [6, 6.07) is 7.71. The first-order valence-electron chi connectivity index (χ1n) is 6.07. The lowest BCUT2D eigenvalue weighted by atomic mass is 9.98. The van der Waals surface area contributed by atoms with E-state index in [1.807, 2.05) is 0 Å². The number of hydrogen-bond donors (Lipinski definition) is 1. The van der Waals surface area contributed by atoms with Crippen LogP contribution in [-0.4, -0.2) is 7.05 Å². The van der Waals surface area contributed by atoms with Gasteiger partial charge in [0.05, 0.1) is 0 Å². The zero-order chi connectivity index (χ0) is 14.7. The van der Waals surface area contributed by atoms with Crippen LogP contribution in [0.25, 0.3) is 0 Å². The summed E-state index contributed by atoms with van der Waals surface area (Å²) in [7, 11) is 1.67. The average Bonchev–Trinajstić information content (AvgIpc) is 2.36. The second kappa shape index (κ2) is 6.41. The van der Waals surface area contributed by atoms with Crippen molar-refractivity contribution in [2.24, 2.45) is 0 Å². The van der Waals surface area contributed by atoms with E-state index < -0.39 is 11.6 Å². The Hall–Kier alpha value is -1.33. The van der Waals surface area contributed by atoms with Gasteiger partial charge in [-0.2, -0.15) is 0 Å². The highest BCUT2D eigenvalue weighted by molar-refractivity contribution is 9.10. The molecule has 0 aliphatic rings. The van der Waals surface area contributed by atoms with Crippen LogP contribution in [0.4, 0.5) is 13.2 Å². The minimum absolute atomic E-state index is 0.304. The lowest BCUT2D eigenvalue weighted by Gasteiger charge is -2.17. The topological polar surface area (TPSA) is 12.0 Å². The van der Waals surface area contributed by atoms with Crippen molar-refractivity contribution in [1.29, 1.82) is 0 Å². The van der Waals surface area contributed by atoms with E-state index in [9.17, 15) is 13.2 Å². The lowest BCUT2D eigenvalue weighted by molar-refractivity contribution is 0.536. The van der Waals surface area contributed by atoms with Crippen LogP contribution in [0.1, 0.15) is 17.2 Å². The summed E-state index contributed by atoms with van der Waals surface area (Å²) in [5.41, 5.74) is 0.935. The molecular formula is C15H13BrF3N. The van der Waals surface area contributed by atoms with E-state index in [2.05, 4.69) is 21.2 Å². The largest absolute Gasteiger partial charge is 0.313 e. The number of nitrogens with one attached hydrogen (secondary N) is 1. The first kappa shape index (κ1) is 15.1. The monoisotopic (exact) mass is 343 g/mol. The van der Waals surface area contributed by atoms with Crippen molar-refractivity contribution in [1.82, 2.24) is 5.32 Å². The fourth-order valence-corrected chi connectivity index (χ4v) is 2.40. The van der Waals surface area contributed by atoms with Crippen LogP contribution in [-0.2, 0) is 6.42 Å². The molecule has 0 saturated heterocycles. The molecule has 0 spiro atoms. The van der Waals surface area contributed by atoms with Gasteiger partial charge in [0, 0.05) is 16.6 Å². The maximum absolute atomic E-state index is 13.8. The fourth-order valence-electron chi connectivity index (χ4n) is 2.07. The fraction of sp³-hybridized carbons (Fsp3) is 0.200. The van der Waals surface area contributed by atoms with Crippen LogP contribution >= 0.6 is 15.9 Å². The van der Waals surface area contributed by atoms with Crippen molar-refractivity contribution in [2.75, 3.05) is 7.05 Å². The molecule has 2 aromatic rings. The summed E-state index contributed by atoms with van der Waals surface area (Å²) in [6.07, 6.45) is 0.304. The predicted molar refractivity (Wildman–Crippen MR) is 76.0 cm³/mol. The number of halogens is 4. The van der Waals surface area contributed by atoms with E-state index >= 15 is 0 Å². The average molecular weight is 344 g/mol. The summed E-state index contributed by atoms with van der Waals surface area (Å²) in [5.74, 6) is -1.63. The first-order valence-corrected chi connectivity index (χ1v) is 6.86. The Morgan fingerprint density at radius 2 is 1.70 bits per heavy atom. The quantitative estimate of drug-likeness (QED) is 0.869. The third kappa shape index (κ3) is 3.61. The van der Waals surface area contributed by atoms with Crippen LogP contribution in [0, 0.1) is 17.5 Å². The molecule has 20 heavy (non-hydrogen) atoms. The predicted octanol–water partition coefficient (Wildman–Crippen LogP) is 4.37. The molecule has 0 aliphatic heterocycles. The smallest absolute Gasteiger partial charge is 0.127 e. The Labute approximate surface area is 123 Å². The molecule has 5 heteroatoms. The van der Waals surface area contributed by atoms with Crippen LogP contribution in [0.15, 0.2) is 40.9 Å². The molecular weight excluding hydrogens is 331 g/mol. The maximum atomic E-state index is 13.8. The highest BCUT2D eigenvalue weighted by atomic mass is 79.9. The van der Waals surface area contributed by atoms with Gasteiger partial charge in [0.2, 0.25) is 0 Å². The Kier molecular flexibility index (Phi) is 4.83. The molecule has 0 amide bonds. The summed E-state index contributed by atoms with van der Waals surface area (Å²) in [4.78, 5) is 0. The zero-order valence-electron chi connectivity index (χ0n) is 10.8.